The highest BCUT2D eigenvalue weighted by Crippen LogP contribution is 2.39. The molecule has 1 saturated heterocycles. The molecule has 1 fully saturated rings. The normalized spacial score (nSPS) is 18.9. The average molecular weight is 369 g/mol. The predicted molar refractivity (Wildman–Crippen MR) is 109 cm³/mol. The molecule has 2 rings (SSSR count). The van der Waals surface area contributed by atoms with E-state index in [0.717, 1.165) is 37.8 Å². The molecule has 0 aliphatic carbocycles. The molecule has 0 N–H and O–H groups in total. The standard InChI is InChI=1S/C22H32BNO3/c1-18(23-26-21(2,3)22(4,5)27-23)20(16-24)14-10-7-11-15-25-17-19-12-8-6-9-13-19/h6,8-9,12-13,20H,1,7,10-11,14-15,17H2,2-5H3/t20-/m0/s1. The van der Waals surface area contributed by atoms with Gasteiger partial charge >= 0.3 is 7.12 Å². The Bertz CT molecular complexity index is 635. The molecule has 5 heteroatoms. The Morgan fingerprint density at radius 2 is 1.74 bits per heavy atom. The van der Waals surface area contributed by atoms with Crippen LogP contribution in [0.3, 0.4) is 0 Å². The lowest BCUT2D eigenvalue weighted by molar-refractivity contribution is 0.00578. The van der Waals surface area contributed by atoms with Gasteiger partial charge in [-0.25, -0.2) is 0 Å². The lowest BCUT2D eigenvalue weighted by Gasteiger charge is -2.32. The molecule has 0 aromatic heterocycles. The second kappa shape index (κ2) is 9.55. The van der Waals surface area contributed by atoms with E-state index in [9.17, 15) is 5.26 Å². The van der Waals surface area contributed by atoms with Gasteiger partial charge in [0.1, 0.15) is 0 Å². The number of unbranched alkanes of at least 4 members (excludes halogenated alkanes) is 2. The Hall–Kier alpha value is -1.61. The van der Waals surface area contributed by atoms with Crippen molar-refractivity contribution >= 4 is 7.12 Å². The van der Waals surface area contributed by atoms with Crippen LogP contribution in [0.4, 0.5) is 0 Å². The molecular formula is C22H32BNO3. The van der Waals surface area contributed by atoms with Crippen LogP contribution >= 0.6 is 0 Å². The molecule has 27 heavy (non-hydrogen) atoms. The Morgan fingerprint density at radius 3 is 2.33 bits per heavy atom. The van der Waals surface area contributed by atoms with Gasteiger partial charge in [-0.1, -0.05) is 43.2 Å². The zero-order valence-electron chi connectivity index (χ0n) is 17.2. The van der Waals surface area contributed by atoms with Crippen molar-refractivity contribution < 1.29 is 14.0 Å². The van der Waals surface area contributed by atoms with Crippen LogP contribution in [0.1, 0.15) is 58.9 Å². The number of hydrogen-bond donors (Lipinski definition) is 0. The van der Waals surface area contributed by atoms with Crippen molar-refractivity contribution in [3.8, 4) is 6.07 Å². The van der Waals surface area contributed by atoms with Crippen LogP contribution < -0.4 is 0 Å². The van der Waals surface area contributed by atoms with Gasteiger partial charge in [0.2, 0.25) is 0 Å². The quantitative estimate of drug-likeness (QED) is 0.426. The van der Waals surface area contributed by atoms with Crippen molar-refractivity contribution in [1.29, 1.82) is 5.26 Å². The molecule has 1 aromatic carbocycles. The maximum Gasteiger partial charge on any atom is 0.491 e. The molecule has 1 aliphatic rings. The van der Waals surface area contributed by atoms with Gasteiger partial charge in [-0.05, 0) is 51.6 Å². The fraction of sp³-hybridized carbons (Fsp3) is 0.591. The van der Waals surface area contributed by atoms with Crippen molar-refractivity contribution in [2.24, 2.45) is 5.92 Å². The number of allylic oxidation sites excluding steroid dienone is 1. The summed E-state index contributed by atoms with van der Waals surface area (Å²) in [5.74, 6) is -0.245. The highest BCUT2D eigenvalue weighted by atomic mass is 16.7. The Morgan fingerprint density at radius 1 is 1.11 bits per heavy atom. The third-order valence-corrected chi connectivity index (χ3v) is 5.55. The van der Waals surface area contributed by atoms with Crippen molar-refractivity contribution in [2.75, 3.05) is 6.61 Å². The van der Waals surface area contributed by atoms with Gasteiger partial charge in [-0.3, -0.25) is 0 Å². The maximum atomic E-state index is 9.54. The first kappa shape index (κ1) is 21.7. The summed E-state index contributed by atoms with van der Waals surface area (Å²) >= 11 is 0. The van der Waals surface area contributed by atoms with E-state index in [0.29, 0.717) is 6.61 Å². The smallest absolute Gasteiger partial charge is 0.400 e. The summed E-state index contributed by atoms with van der Waals surface area (Å²) in [4.78, 5) is 0. The zero-order chi connectivity index (χ0) is 19.9. The number of rotatable bonds is 10. The van der Waals surface area contributed by atoms with E-state index in [2.05, 4.69) is 24.8 Å². The van der Waals surface area contributed by atoms with E-state index in [-0.39, 0.29) is 5.92 Å². The topological polar surface area (TPSA) is 51.5 Å². The second-order valence-electron chi connectivity index (χ2n) is 8.23. The van der Waals surface area contributed by atoms with Gasteiger partial charge in [0.25, 0.3) is 0 Å². The molecule has 0 spiro atoms. The van der Waals surface area contributed by atoms with Gasteiger partial charge < -0.3 is 14.0 Å². The maximum absolute atomic E-state index is 9.54. The largest absolute Gasteiger partial charge is 0.491 e. The fourth-order valence-corrected chi connectivity index (χ4v) is 2.99. The average Bonchev–Trinajstić information content (AvgIpc) is 2.85. The molecule has 1 aliphatic heterocycles. The molecule has 1 heterocycles. The molecule has 1 aromatic rings. The van der Waals surface area contributed by atoms with Gasteiger partial charge in [0.15, 0.2) is 0 Å². The highest BCUT2D eigenvalue weighted by Gasteiger charge is 2.52. The van der Waals surface area contributed by atoms with E-state index in [4.69, 9.17) is 14.0 Å². The third kappa shape index (κ3) is 5.94. The molecular weight excluding hydrogens is 337 g/mol. The predicted octanol–water partition coefficient (Wildman–Crippen LogP) is 5.09. The van der Waals surface area contributed by atoms with Crippen LogP contribution in [-0.2, 0) is 20.7 Å². The molecule has 0 saturated carbocycles. The summed E-state index contributed by atoms with van der Waals surface area (Å²) in [6.45, 7) is 13.5. The molecule has 146 valence electrons. The van der Waals surface area contributed by atoms with Gasteiger partial charge in [-0.2, -0.15) is 5.26 Å². The van der Waals surface area contributed by atoms with Crippen LogP contribution in [0, 0.1) is 17.2 Å². The first-order valence-corrected chi connectivity index (χ1v) is 9.82. The summed E-state index contributed by atoms with van der Waals surface area (Å²) in [6, 6.07) is 12.6. The van der Waals surface area contributed by atoms with E-state index in [1.807, 2.05) is 45.9 Å². The summed E-state index contributed by atoms with van der Waals surface area (Å²) in [5.41, 5.74) is 1.12. The van der Waals surface area contributed by atoms with E-state index in [1.165, 1.54) is 5.56 Å². The van der Waals surface area contributed by atoms with Gasteiger partial charge in [0.05, 0.1) is 29.8 Å². The Balaban J connectivity index is 1.65. The number of nitrogens with zero attached hydrogens (tertiary/aromatic N) is 1. The molecule has 1 atom stereocenters. The number of ether oxygens (including phenoxy) is 1. The molecule has 4 nitrogen and oxygen atoms in total. The summed E-state index contributed by atoms with van der Waals surface area (Å²) in [7, 11) is -0.506. The monoisotopic (exact) mass is 369 g/mol. The van der Waals surface area contributed by atoms with Crippen LogP contribution in [0.2, 0.25) is 0 Å². The minimum absolute atomic E-state index is 0.245. The number of benzene rings is 1. The van der Waals surface area contributed by atoms with Crippen LogP contribution in [0.25, 0.3) is 0 Å². The number of nitriles is 1. The molecule has 0 amide bonds. The van der Waals surface area contributed by atoms with Crippen LogP contribution in [-0.4, -0.2) is 24.9 Å². The van der Waals surface area contributed by atoms with E-state index >= 15 is 0 Å². The van der Waals surface area contributed by atoms with E-state index in [1.54, 1.807) is 0 Å². The molecule has 0 radical (unpaired) electrons. The van der Waals surface area contributed by atoms with Crippen LogP contribution in [0.15, 0.2) is 42.4 Å². The lowest BCUT2D eigenvalue weighted by Crippen LogP contribution is -2.41. The van der Waals surface area contributed by atoms with Crippen LogP contribution in [0.5, 0.6) is 0 Å². The van der Waals surface area contributed by atoms with Gasteiger partial charge in [-0.15, -0.1) is 6.58 Å². The summed E-state index contributed by atoms with van der Waals surface area (Å²) in [6.07, 6.45) is 3.76. The molecule has 0 bridgehead atoms. The Kier molecular flexibility index (Phi) is 7.67. The van der Waals surface area contributed by atoms with Crippen molar-refractivity contribution in [2.45, 2.75) is 71.2 Å². The minimum Gasteiger partial charge on any atom is -0.400 e. The van der Waals surface area contributed by atoms with Gasteiger partial charge in [0, 0.05) is 6.61 Å². The zero-order valence-corrected chi connectivity index (χ0v) is 17.2. The van der Waals surface area contributed by atoms with Crippen molar-refractivity contribution in [3.63, 3.8) is 0 Å². The summed E-state index contributed by atoms with van der Waals surface area (Å²) < 4.78 is 17.7. The number of hydrogen-bond acceptors (Lipinski definition) is 4. The van der Waals surface area contributed by atoms with Crippen molar-refractivity contribution in [3.05, 3.63) is 47.9 Å². The fourth-order valence-electron chi connectivity index (χ4n) is 2.99. The second-order valence-corrected chi connectivity index (χ2v) is 8.23. The van der Waals surface area contributed by atoms with E-state index < -0.39 is 18.3 Å². The molecule has 0 unspecified atom stereocenters. The first-order valence-electron chi connectivity index (χ1n) is 9.82. The Labute approximate surface area is 164 Å². The lowest BCUT2D eigenvalue weighted by atomic mass is 9.71. The van der Waals surface area contributed by atoms with Crippen molar-refractivity contribution in [1.82, 2.24) is 0 Å². The SMILES string of the molecule is C=C(B1OC(C)(C)C(C)(C)O1)[C@H](C#N)CCCCCOCc1ccccc1. The first-order chi connectivity index (χ1) is 12.8. The summed E-state index contributed by atoms with van der Waals surface area (Å²) in [5, 5.41) is 9.54. The third-order valence-electron chi connectivity index (χ3n) is 5.55. The highest BCUT2D eigenvalue weighted by molar-refractivity contribution is 6.54. The minimum atomic E-state index is -0.506.